The van der Waals surface area contributed by atoms with Gasteiger partial charge in [0.05, 0.1) is 0 Å². The molecule has 0 fully saturated rings. The first kappa shape index (κ1) is 26.3. The highest BCUT2D eigenvalue weighted by Gasteiger charge is 2.76. The molecule has 0 bridgehead atoms. The van der Waals surface area contributed by atoms with Crippen LogP contribution in [0, 0.1) is 6.92 Å². The second kappa shape index (κ2) is 7.74. The number of hydrogen-bond donors (Lipinski definition) is 0. The fraction of sp³-hybridized carbons (Fsp3) is 0.562. The van der Waals surface area contributed by atoms with E-state index < -0.39 is 65.6 Å². The summed E-state index contributed by atoms with van der Waals surface area (Å²) in [5.41, 5.74) is -6.79. The van der Waals surface area contributed by atoms with Crippen LogP contribution in [-0.2, 0) is 18.3 Å². The van der Waals surface area contributed by atoms with Gasteiger partial charge in [-0.2, -0.15) is 61.5 Å². The highest BCUT2D eigenvalue weighted by Crippen LogP contribution is 2.56. The summed E-state index contributed by atoms with van der Waals surface area (Å²) in [5, 5.41) is 0. The Morgan fingerprint density at radius 3 is 1.20 bits per heavy atom. The molecule has 30 heavy (non-hydrogen) atoms. The third kappa shape index (κ3) is 4.05. The predicted octanol–water partition coefficient (Wildman–Crippen LogP) is 7.42. The van der Waals surface area contributed by atoms with Crippen LogP contribution in [0.2, 0.25) is 0 Å². The number of rotatable bonds is 7. The Morgan fingerprint density at radius 1 is 0.600 bits per heavy atom. The van der Waals surface area contributed by atoms with E-state index in [1.54, 1.807) is 0 Å². The molecule has 0 saturated carbocycles. The highest BCUT2D eigenvalue weighted by atomic mass is 19.4. The van der Waals surface area contributed by atoms with E-state index >= 15 is 0 Å². The van der Waals surface area contributed by atoms with E-state index in [4.69, 9.17) is 0 Å². The van der Waals surface area contributed by atoms with Gasteiger partial charge in [0.25, 0.3) is 0 Å². The van der Waals surface area contributed by atoms with Gasteiger partial charge < -0.3 is 0 Å². The van der Waals surface area contributed by atoms with Crippen molar-refractivity contribution in [3.05, 3.63) is 41.8 Å². The SMILES string of the molecule is [CH2]CCCc1c(C(F)(F)C(F)(F)C(F)(F)F)cccc1C(F)(F)C(F)(F)C(F)(F)F. The summed E-state index contributed by atoms with van der Waals surface area (Å²) in [6, 6.07) is -0.397. The Balaban J connectivity index is 3.88. The second-order valence-electron chi connectivity index (χ2n) is 6.08. The first-order valence-corrected chi connectivity index (χ1v) is 7.74. The van der Waals surface area contributed by atoms with E-state index in [1.165, 1.54) is 0 Å². The summed E-state index contributed by atoms with van der Waals surface area (Å²) in [6.07, 6.45) is -15.9. The lowest BCUT2D eigenvalue weighted by atomic mass is 9.86. The van der Waals surface area contributed by atoms with Gasteiger partial charge in [0, 0.05) is 11.1 Å². The van der Waals surface area contributed by atoms with E-state index in [0.717, 1.165) is 0 Å². The van der Waals surface area contributed by atoms with Crippen molar-refractivity contribution >= 4 is 0 Å². The molecule has 14 heteroatoms. The summed E-state index contributed by atoms with van der Waals surface area (Å²) in [7, 11) is 0. The quantitative estimate of drug-likeness (QED) is 0.365. The van der Waals surface area contributed by atoms with Crippen LogP contribution < -0.4 is 0 Å². The Labute approximate surface area is 159 Å². The number of hydrogen-bond acceptors (Lipinski definition) is 0. The summed E-state index contributed by atoms with van der Waals surface area (Å²) < 4.78 is 184. The van der Waals surface area contributed by atoms with Gasteiger partial charge in [-0.1, -0.05) is 31.5 Å². The maximum absolute atomic E-state index is 14.1. The van der Waals surface area contributed by atoms with Crippen LogP contribution in [0.1, 0.15) is 29.5 Å². The molecule has 1 rings (SSSR count). The predicted molar refractivity (Wildman–Crippen MR) is 74.5 cm³/mol. The lowest BCUT2D eigenvalue weighted by Gasteiger charge is -2.33. The fourth-order valence-corrected chi connectivity index (χ4v) is 2.44. The van der Waals surface area contributed by atoms with Crippen LogP contribution >= 0.6 is 0 Å². The van der Waals surface area contributed by atoms with Gasteiger partial charge in [-0.3, -0.25) is 0 Å². The minimum atomic E-state index is -6.89. The molecule has 173 valence electrons. The zero-order valence-corrected chi connectivity index (χ0v) is 14.4. The van der Waals surface area contributed by atoms with Crippen LogP contribution in [-0.4, -0.2) is 24.2 Å². The fourth-order valence-electron chi connectivity index (χ4n) is 2.44. The van der Waals surface area contributed by atoms with Crippen molar-refractivity contribution in [2.75, 3.05) is 0 Å². The van der Waals surface area contributed by atoms with Gasteiger partial charge in [-0.05, 0) is 18.4 Å². The molecule has 0 spiro atoms. The molecular weight excluding hydrogens is 458 g/mol. The molecule has 1 radical (unpaired) electrons. The Bertz CT molecular complexity index is 685. The van der Waals surface area contributed by atoms with Crippen LogP contribution in [0.15, 0.2) is 18.2 Å². The first-order chi connectivity index (χ1) is 13.2. The standard InChI is InChI=1S/C16H11F14/c1-2-3-5-8-9(11(17,18)13(21,22)15(25,26)27)6-4-7-10(8)12(19,20)14(23,24)16(28,29)30/h4,6-7H,1-3,5H2. The molecule has 0 aliphatic rings. The van der Waals surface area contributed by atoms with Crippen LogP contribution in [0.5, 0.6) is 0 Å². The van der Waals surface area contributed by atoms with Crippen LogP contribution in [0.25, 0.3) is 0 Å². The van der Waals surface area contributed by atoms with E-state index in [-0.39, 0.29) is 24.6 Å². The van der Waals surface area contributed by atoms with Crippen molar-refractivity contribution in [1.29, 1.82) is 0 Å². The van der Waals surface area contributed by atoms with Gasteiger partial charge in [0.1, 0.15) is 0 Å². The molecule has 0 atom stereocenters. The van der Waals surface area contributed by atoms with E-state index in [1.807, 2.05) is 0 Å². The zero-order valence-electron chi connectivity index (χ0n) is 14.4. The molecule has 0 aliphatic heterocycles. The van der Waals surface area contributed by atoms with E-state index in [9.17, 15) is 61.5 Å². The third-order valence-electron chi connectivity index (χ3n) is 4.03. The topological polar surface area (TPSA) is 0 Å². The lowest BCUT2D eigenvalue weighted by Crippen LogP contribution is -2.52. The van der Waals surface area contributed by atoms with Crippen LogP contribution in [0.3, 0.4) is 0 Å². The Kier molecular flexibility index (Phi) is 6.78. The number of halogens is 14. The summed E-state index contributed by atoms with van der Waals surface area (Å²) in [4.78, 5) is 0. The van der Waals surface area contributed by atoms with Gasteiger partial charge >= 0.3 is 36.0 Å². The molecule has 0 heterocycles. The number of benzene rings is 1. The van der Waals surface area contributed by atoms with Crippen molar-refractivity contribution in [1.82, 2.24) is 0 Å². The van der Waals surface area contributed by atoms with Crippen molar-refractivity contribution in [2.45, 2.75) is 55.3 Å². The minimum absolute atomic E-state index is 0.0426. The van der Waals surface area contributed by atoms with Crippen molar-refractivity contribution < 1.29 is 61.5 Å². The molecule has 1 aromatic rings. The van der Waals surface area contributed by atoms with E-state index in [0.29, 0.717) is 0 Å². The van der Waals surface area contributed by atoms with Gasteiger partial charge in [-0.15, -0.1) is 0 Å². The summed E-state index contributed by atoms with van der Waals surface area (Å²) in [6.45, 7) is 3.13. The maximum atomic E-state index is 14.1. The summed E-state index contributed by atoms with van der Waals surface area (Å²) >= 11 is 0. The molecule has 0 aliphatic carbocycles. The van der Waals surface area contributed by atoms with Crippen molar-refractivity contribution in [3.8, 4) is 0 Å². The normalized spacial score (nSPS) is 14.9. The zero-order chi connectivity index (χ0) is 24.0. The van der Waals surface area contributed by atoms with Gasteiger partial charge in [0.2, 0.25) is 0 Å². The first-order valence-electron chi connectivity index (χ1n) is 7.74. The van der Waals surface area contributed by atoms with Gasteiger partial charge in [0.15, 0.2) is 0 Å². The molecular formula is C16H11F14. The Hall–Kier alpha value is -1.76. The van der Waals surface area contributed by atoms with Gasteiger partial charge in [-0.25, -0.2) is 0 Å². The Morgan fingerprint density at radius 2 is 0.933 bits per heavy atom. The number of alkyl halides is 14. The smallest absolute Gasteiger partial charge is 0.194 e. The number of unbranched alkanes of at least 4 members (excludes halogenated alkanes) is 1. The molecule has 0 N–H and O–H groups in total. The van der Waals surface area contributed by atoms with Crippen LogP contribution in [0.4, 0.5) is 61.5 Å². The second-order valence-corrected chi connectivity index (χ2v) is 6.08. The highest BCUT2D eigenvalue weighted by molar-refractivity contribution is 5.43. The monoisotopic (exact) mass is 469 g/mol. The third-order valence-corrected chi connectivity index (χ3v) is 4.03. The van der Waals surface area contributed by atoms with E-state index in [2.05, 4.69) is 6.92 Å². The molecule has 0 saturated heterocycles. The molecule has 0 nitrogen and oxygen atoms in total. The van der Waals surface area contributed by atoms with Crippen molar-refractivity contribution in [3.63, 3.8) is 0 Å². The molecule has 0 aromatic heterocycles. The average Bonchev–Trinajstić information content (AvgIpc) is 2.57. The molecule has 1 aromatic carbocycles. The van der Waals surface area contributed by atoms with Crippen molar-refractivity contribution in [2.24, 2.45) is 0 Å². The minimum Gasteiger partial charge on any atom is -0.194 e. The molecule has 0 amide bonds. The summed E-state index contributed by atoms with van der Waals surface area (Å²) in [5.74, 6) is -26.2. The average molecular weight is 469 g/mol. The molecule has 0 unspecified atom stereocenters. The largest absolute Gasteiger partial charge is 0.460 e. The maximum Gasteiger partial charge on any atom is 0.460 e. The lowest BCUT2D eigenvalue weighted by molar-refractivity contribution is -0.361.